The topological polar surface area (TPSA) is 102 Å². The van der Waals surface area contributed by atoms with Gasteiger partial charge >= 0.3 is 0 Å². The van der Waals surface area contributed by atoms with Gasteiger partial charge in [0.05, 0.1) is 19.1 Å². The lowest BCUT2D eigenvalue weighted by Crippen LogP contribution is -2.20. The molecule has 0 spiro atoms. The molecule has 8 nitrogen and oxygen atoms in total. The van der Waals surface area contributed by atoms with Gasteiger partial charge in [0, 0.05) is 11.3 Å². The van der Waals surface area contributed by atoms with Crippen LogP contribution in [0, 0.1) is 6.92 Å². The van der Waals surface area contributed by atoms with Crippen molar-refractivity contribution in [2.24, 2.45) is 5.10 Å². The Labute approximate surface area is 226 Å². The number of phenolic OH excluding ortho intramolecular Hbond substituents is 1. The van der Waals surface area contributed by atoms with Crippen molar-refractivity contribution in [2.75, 3.05) is 12.9 Å². The number of carbonyl (C=O) groups excluding carboxylic acids is 1. The number of hydrogen-bond donors (Lipinski definition) is 2. The summed E-state index contributed by atoms with van der Waals surface area (Å²) in [5, 5.41) is 23.2. The van der Waals surface area contributed by atoms with Gasteiger partial charge in [0.25, 0.3) is 5.91 Å². The molecule has 0 aliphatic rings. The van der Waals surface area contributed by atoms with E-state index in [1.165, 1.54) is 36.7 Å². The zero-order valence-corrected chi connectivity index (χ0v) is 22.9. The third-order valence-corrected chi connectivity index (χ3v) is 6.80. The first-order valence-corrected chi connectivity index (χ1v) is 13.1. The summed E-state index contributed by atoms with van der Waals surface area (Å²) < 4.78 is 7.06. The van der Waals surface area contributed by atoms with Gasteiger partial charge in [-0.05, 0) is 53.8 Å². The second-order valence-electron chi connectivity index (χ2n) is 9.82. The Bertz CT molecular complexity index is 1440. The number of nitrogens with zero attached hydrogens (tertiary/aromatic N) is 4. The summed E-state index contributed by atoms with van der Waals surface area (Å²) in [6.45, 7) is 8.59. The molecule has 38 heavy (non-hydrogen) atoms. The minimum absolute atomic E-state index is 0.0345. The Kier molecular flexibility index (Phi) is 8.16. The number of aromatic nitrogens is 3. The number of thioether (sulfide) groups is 1. The maximum Gasteiger partial charge on any atom is 0.250 e. The first-order chi connectivity index (χ1) is 18.2. The molecule has 0 fully saturated rings. The molecule has 0 bridgehead atoms. The number of amides is 1. The average molecular weight is 530 g/mol. The highest BCUT2D eigenvalue weighted by molar-refractivity contribution is 7.99. The molecule has 3 aromatic carbocycles. The van der Waals surface area contributed by atoms with Crippen LogP contribution in [0.3, 0.4) is 0 Å². The molecule has 4 rings (SSSR count). The van der Waals surface area contributed by atoms with E-state index >= 15 is 0 Å². The Balaban J connectivity index is 1.52. The molecule has 0 unspecified atom stereocenters. The zero-order valence-electron chi connectivity index (χ0n) is 22.1. The molecule has 1 amide bonds. The Morgan fingerprint density at radius 1 is 1.08 bits per heavy atom. The molecule has 0 saturated heterocycles. The van der Waals surface area contributed by atoms with Crippen LogP contribution in [0.1, 0.15) is 37.5 Å². The Hall–Kier alpha value is -4.11. The molecule has 4 aromatic rings. The van der Waals surface area contributed by atoms with Gasteiger partial charge in [-0.15, -0.1) is 10.2 Å². The van der Waals surface area contributed by atoms with E-state index in [9.17, 15) is 9.90 Å². The van der Waals surface area contributed by atoms with E-state index in [0.29, 0.717) is 22.3 Å². The summed E-state index contributed by atoms with van der Waals surface area (Å²) in [6, 6.07) is 21.3. The number of hydrazone groups is 1. The number of aryl methyl sites for hydroxylation is 1. The van der Waals surface area contributed by atoms with Crippen molar-refractivity contribution in [3.05, 3.63) is 83.4 Å². The SMILES string of the molecule is COc1cc(/C=N\NC(=O)CSc2nnc(-c3ccc(C(C)(C)C)cc3)n2-c2ccc(C)cc2)ccc1O. The predicted molar refractivity (Wildman–Crippen MR) is 151 cm³/mol. The van der Waals surface area contributed by atoms with Gasteiger partial charge in [0.1, 0.15) is 0 Å². The number of nitrogens with one attached hydrogen (secondary N) is 1. The molecular formula is C29H31N5O3S. The maximum absolute atomic E-state index is 12.5. The van der Waals surface area contributed by atoms with Gasteiger partial charge in [0.2, 0.25) is 0 Å². The quantitative estimate of drug-likeness (QED) is 0.178. The summed E-state index contributed by atoms with van der Waals surface area (Å²) in [6.07, 6.45) is 1.48. The summed E-state index contributed by atoms with van der Waals surface area (Å²) >= 11 is 1.28. The highest BCUT2D eigenvalue weighted by Crippen LogP contribution is 2.30. The van der Waals surface area contributed by atoms with Gasteiger partial charge in [-0.1, -0.05) is 74.5 Å². The average Bonchev–Trinajstić information content (AvgIpc) is 3.32. The number of rotatable bonds is 8. The van der Waals surface area contributed by atoms with Crippen LogP contribution in [0.5, 0.6) is 11.5 Å². The lowest BCUT2D eigenvalue weighted by Gasteiger charge is -2.19. The smallest absolute Gasteiger partial charge is 0.250 e. The molecule has 0 atom stereocenters. The minimum atomic E-state index is -0.286. The number of ether oxygens (including phenoxy) is 1. The molecule has 0 radical (unpaired) electrons. The molecule has 0 aliphatic carbocycles. The van der Waals surface area contributed by atoms with Crippen LogP contribution in [0.25, 0.3) is 17.1 Å². The Morgan fingerprint density at radius 3 is 2.45 bits per heavy atom. The molecule has 0 saturated carbocycles. The number of hydrogen-bond acceptors (Lipinski definition) is 7. The molecule has 196 valence electrons. The largest absolute Gasteiger partial charge is 0.504 e. The molecular weight excluding hydrogens is 498 g/mol. The Morgan fingerprint density at radius 2 is 1.79 bits per heavy atom. The van der Waals surface area contributed by atoms with E-state index in [2.05, 4.69) is 65.8 Å². The van der Waals surface area contributed by atoms with E-state index < -0.39 is 0 Å². The molecule has 9 heteroatoms. The minimum Gasteiger partial charge on any atom is -0.504 e. The van der Waals surface area contributed by atoms with Crippen LogP contribution in [-0.2, 0) is 10.2 Å². The van der Waals surface area contributed by atoms with E-state index in [-0.39, 0.29) is 22.8 Å². The third kappa shape index (κ3) is 6.41. The van der Waals surface area contributed by atoms with Crippen LogP contribution in [0.2, 0.25) is 0 Å². The van der Waals surface area contributed by atoms with Crippen molar-refractivity contribution in [1.29, 1.82) is 0 Å². The molecule has 1 aromatic heterocycles. The first-order valence-electron chi connectivity index (χ1n) is 12.1. The van der Waals surface area contributed by atoms with Gasteiger partial charge in [-0.2, -0.15) is 5.10 Å². The van der Waals surface area contributed by atoms with E-state index in [1.807, 2.05) is 35.8 Å². The van der Waals surface area contributed by atoms with Crippen LogP contribution < -0.4 is 10.2 Å². The summed E-state index contributed by atoms with van der Waals surface area (Å²) in [5.74, 6) is 0.883. The van der Waals surface area contributed by atoms with Gasteiger partial charge in [-0.25, -0.2) is 5.43 Å². The van der Waals surface area contributed by atoms with E-state index in [0.717, 1.165) is 16.8 Å². The fourth-order valence-electron chi connectivity index (χ4n) is 3.71. The fourth-order valence-corrected chi connectivity index (χ4v) is 4.46. The molecule has 0 aliphatic heterocycles. The van der Waals surface area contributed by atoms with Crippen LogP contribution in [-0.4, -0.2) is 44.9 Å². The van der Waals surface area contributed by atoms with E-state index in [1.54, 1.807) is 12.1 Å². The standard InChI is InChI=1S/C29H31N5O3S/c1-19-6-13-23(14-7-19)34-27(21-9-11-22(12-10-21)29(2,3)4)32-33-28(34)38-18-26(36)31-30-17-20-8-15-24(35)25(16-20)37-5/h6-17,35H,18H2,1-5H3,(H,31,36)/b30-17-. The van der Waals surface area contributed by atoms with Gasteiger partial charge < -0.3 is 9.84 Å². The normalized spacial score (nSPS) is 11.6. The summed E-state index contributed by atoms with van der Waals surface area (Å²) in [4.78, 5) is 12.5. The molecule has 2 N–H and O–H groups in total. The van der Waals surface area contributed by atoms with Crippen LogP contribution >= 0.6 is 11.8 Å². The van der Waals surface area contributed by atoms with Crippen molar-refractivity contribution in [3.8, 4) is 28.6 Å². The highest BCUT2D eigenvalue weighted by Gasteiger charge is 2.19. The third-order valence-electron chi connectivity index (χ3n) is 5.87. The lowest BCUT2D eigenvalue weighted by atomic mass is 9.87. The number of phenols is 1. The summed E-state index contributed by atoms with van der Waals surface area (Å²) in [7, 11) is 1.47. The van der Waals surface area contributed by atoms with Gasteiger partial charge in [0.15, 0.2) is 22.5 Å². The number of methoxy groups -OCH3 is 1. The highest BCUT2D eigenvalue weighted by atomic mass is 32.2. The zero-order chi connectivity index (χ0) is 27.3. The van der Waals surface area contributed by atoms with Crippen LogP contribution in [0.4, 0.5) is 0 Å². The van der Waals surface area contributed by atoms with E-state index in [4.69, 9.17) is 4.74 Å². The van der Waals surface area contributed by atoms with Crippen molar-refractivity contribution in [3.63, 3.8) is 0 Å². The summed E-state index contributed by atoms with van der Waals surface area (Å²) in [5.41, 5.74) is 7.49. The predicted octanol–water partition coefficient (Wildman–Crippen LogP) is 5.50. The van der Waals surface area contributed by atoms with Crippen LogP contribution in [0.15, 0.2) is 77.0 Å². The first kappa shape index (κ1) is 26.9. The number of benzene rings is 3. The van der Waals surface area contributed by atoms with Crippen molar-refractivity contribution < 1.29 is 14.6 Å². The lowest BCUT2D eigenvalue weighted by molar-refractivity contribution is -0.118. The fraction of sp³-hybridized carbons (Fsp3) is 0.241. The number of aromatic hydroxyl groups is 1. The van der Waals surface area contributed by atoms with Crippen molar-refractivity contribution >= 4 is 23.9 Å². The van der Waals surface area contributed by atoms with Crippen molar-refractivity contribution in [2.45, 2.75) is 38.3 Å². The maximum atomic E-state index is 12.5. The molecule has 1 heterocycles. The van der Waals surface area contributed by atoms with Gasteiger partial charge in [-0.3, -0.25) is 9.36 Å². The van der Waals surface area contributed by atoms with Crippen molar-refractivity contribution in [1.82, 2.24) is 20.2 Å². The second kappa shape index (κ2) is 11.5. The monoisotopic (exact) mass is 529 g/mol. The number of carbonyl (C=O) groups is 1. The second-order valence-corrected chi connectivity index (χ2v) is 10.8.